The van der Waals surface area contributed by atoms with Crippen molar-refractivity contribution in [1.82, 2.24) is 9.97 Å². The van der Waals surface area contributed by atoms with Crippen molar-refractivity contribution in [3.8, 4) is 11.5 Å². The second-order valence-electron chi connectivity index (χ2n) is 5.60. The third-order valence-corrected chi connectivity index (χ3v) is 3.94. The predicted octanol–water partition coefficient (Wildman–Crippen LogP) is 3.72. The maximum absolute atomic E-state index is 5.37. The van der Waals surface area contributed by atoms with Crippen LogP contribution in [0.15, 0.2) is 60.8 Å². The molecule has 1 heterocycles. The summed E-state index contributed by atoms with van der Waals surface area (Å²) in [6, 6.07) is 17.6. The normalized spacial score (nSPS) is 10.2. The summed E-state index contributed by atoms with van der Waals surface area (Å²) in [5.41, 5.74) is 2.11. The van der Waals surface area contributed by atoms with E-state index in [0.29, 0.717) is 19.0 Å². The molecule has 3 rings (SSSR count). The third kappa shape index (κ3) is 4.42. The van der Waals surface area contributed by atoms with Crippen molar-refractivity contribution in [2.24, 2.45) is 0 Å². The molecule has 0 saturated carbocycles. The second-order valence-corrected chi connectivity index (χ2v) is 5.60. The molecule has 3 aromatic rings. The summed E-state index contributed by atoms with van der Waals surface area (Å²) >= 11 is 0. The van der Waals surface area contributed by atoms with Crippen LogP contribution in [0.25, 0.3) is 0 Å². The molecule has 2 N–H and O–H groups in total. The van der Waals surface area contributed by atoms with E-state index in [9.17, 15) is 0 Å². The van der Waals surface area contributed by atoms with Crippen molar-refractivity contribution in [2.75, 3.05) is 24.9 Å². The minimum Gasteiger partial charge on any atom is -0.496 e. The fourth-order valence-corrected chi connectivity index (χ4v) is 2.60. The average molecular weight is 350 g/mol. The van der Waals surface area contributed by atoms with Crippen molar-refractivity contribution < 1.29 is 9.47 Å². The van der Waals surface area contributed by atoms with Crippen LogP contribution in [-0.2, 0) is 13.1 Å². The fourth-order valence-electron chi connectivity index (χ4n) is 2.60. The molecule has 0 saturated heterocycles. The molecule has 0 aliphatic heterocycles. The van der Waals surface area contributed by atoms with Crippen molar-refractivity contribution in [3.05, 3.63) is 71.9 Å². The summed E-state index contributed by atoms with van der Waals surface area (Å²) < 4.78 is 10.7. The Morgan fingerprint density at radius 1 is 0.769 bits per heavy atom. The van der Waals surface area contributed by atoms with Crippen LogP contribution in [0.5, 0.6) is 11.5 Å². The van der Waals surface area contributed by atoms with Gasteiger partial charge in [-0.1, -0.05) is 36.4 Å². The number of rotatable bonds is 8. The molecule has 0 radical (unpaired) electrons. The molecule has 6 nitrogen and oxygen atoms in total. The van der Waals surface area contributed by atoms with Crippen LogP contribution in [0.4, 0.5) is 11.8 Å². The molecule has 134 valence electrons. The zero-order valence-electron chi connectivity index (χ0n) is 14.9. The highest BCUT2D eigenvalue weighted by Gasteiger charge is 2.05. The van der Waals surface area contributed by atoms with Crippen LogP contribution >= 0.6 is 0 Å². The maximum atomic E-state index is 5.37. The molecule has 0 aliphatic rings. The minimum atomic E-state index is 0.556. The van der Waals surface area contributed by atoms with E-state index < -0.39 is 0 Å². The average Bonchev–Trinajstić information content (AvgIpc) is 2.71. The van der Waals surface area contributed by atoms with E-state index in [1.54, 1.807) is 20.4 Å². The highest BCUT2D eigenvalue weighted by Crippen LogP contribution is 2.20. The molecular weight excluding hydrogens is 328 g/mol. The van der Waals surface area contributed by atoms with Gasteiger partial charge in [0.25, 0.3) is 0 Å². The number of hydrogen-bond acceptors (Lipinski definition) is 6. The van der Waals surface area contributed by atoms with Gasteiger partial charge in [0, 0.05) is 30.4 Å². The molecule has 0 fully saturated rings. The predicted molar refractivity (Wildman–Crippen MR) is 103 cm³/mol. The summed E-state index contributed by atoms with van der Waals surface area (Å²) in [7, 11) is 3.33. The SMILES string of the molecule is COc1ccccc1CNc1ccnc(NCc2ccccc2OC)n1. The Bertz CT molecular complexity index is 788. The van der Waals surface area contributed by atoms with E-state index in [1.807, 2.05) is 54.6 Å². The minimum absolute atomic E-state index is 0.556. The summed E-state index contributed by atoms with van der Waals surface area (Å²) in [6.07, 6.45) is 1.72. The van der Waals surface area contributed by atoms with E-state index >= 15 is 0 Å². The molecular formula is C20H22N4O2. The molecule has 0 bridgehead atoms. The molecule has 6 heteroatoms. The van der Waals surface area contributed by atoms with E-state index in [0.717, 1.165) is 28.4 Å². The standard InChI is InChI=1S/C20H22N4O2/c1-25-17-9-5-3-7-15(17)13-22-19-11-12-21-20(24-19)23-14-16-8-4-6-10-18(16)26-2/h3-12H,13-14H2,1-2H3,(H2,21,22,23,24). The van der Waals surface area contributed by atoms with Gasteiger partial charge in [0.15, 0.2) is 0 Å². The van der Waals surface area contributed by atoms with Crippen molar-refractivity contribution in [3.63, 3.8) is 0 Å². The van der Waals surface area contributed by atoms with Crippen molar-refractivity contribution in [2.45, 2.75) is 13.1 Å². The highest BCUT2D eigenvalue weighted by atomic mass is 16.5. The molecule has 0 atom stereocenters. The third-order valence-electron chi connectivity index (χ3n) is 3.94. The lowest BCUT2D eigenvalue weighted by atomic mass is 10.2. The van der Waals surface area contributed by atoms with E-state index in [1.165, 1.54) is 0 Å². The lowest BCUT2D eigenvalue weighted by Crippen LogP contribution is -2.08. The van der Waals surface area contributed by atoms with Gasteiger partial charge in [-0.15, -0.1) is 0 Å². The van der Waals surface area contributed by atoms with Crippen LogP contribution in [0.2, 0.25) is 0 Å². The first kappa shape index (κ1) is 17.5. The second kappa shape index (κ2) is 8.71. The molecule has 0 spiro atoms. The van der Waals surface area contributed by atoms with E-state index in [2.05, 4.69) is 20.6 Å². The Hall–Kier alpha value is -3.28. The van der Waals surface area contributed by atoms with Crippen LogP contribution in [0.1, 0.15) is 11.1 Å². The van der Waals surface area contributed by atoms with Gasteiger partial charge in [0.2, 0.25) is 5.95 Å². The first-order chi connectivity index (χ1) is 12.8. The first-order valence-electron chi connectivity index (χ1n) is 8.34. The lowest BCUT2D eigenvalue weighted by molar-refractivity contribution is 0.410. The summed E-state index contributed by atoms with van der Waals surface area (Å²) in [6.45, 7) is 1.20. The Labute approximate surface area is 153 Å². The number of para-hydroxylation sites is 2. The lowest BCUT2D eigenvalue weighted by Gasteiger charge is -2.12. The molecule has 0 aliphatic carbocycles. The van der Waals surface area contributed by atoms with E-state index in [-0.39, 0.29) is 0 Å². The van der Waals surface area contributed by atoms with Gasteiger partial charge in [0.05, 0.1) is 14.2 Å². The number of benzene rings is 2. The Morgan fingerprint density at radius 2 is 1.35 bits per heavy atom. The number of anilines is 2. The van der Waals surface area contributed by atoms with E-state index in [4.69, 9.17) is 9.47 Å². The van der Waals surface area contributed by atoms with Crippen molar-refractivity contribution in [1.29, 1.82) is 0 Å². The number of methoxy groups -OCH3 is 2. The van der Waals surface area contributed by atoms with Gasteiger partial charge in [0.1, 0.15) is 17.3 Å². The number of nitrogens with zero attached hydrogens (tertiary/aromatic N) is 2. The monoisotopic (exact) mass is 350 g/mol. The fraction of sp³-hybridized carbons (Fsp3) is 0.200. The van der Waals surface area contributed by atoms with Crippen LogP contribution in [0, 0.1) is 0 Å². The van der Waals surface area contributed by atoms with Crippen LogP contribution < -0.4 is 20.1 Å². The summed E-state index contributed by atoms with van der Waals surface area (Å²) in [5.74, 6) is 2.99. The summed E-state index contributed by atoms with van der Waals surface area (Å²) in [4.78, 5) is 8.77. The van der Waals surface area contributed by atoms with Crippen LogP contribution in [-0.4, -0.2) is 24.2 Å². The summed E-state index contributed by atoms with van der Waals surface area (Å²) in [5, 5.41) is 6.53. The van der Waals surface area contributed by atoms with Crippen LogP contribution in [0.3, 0.4) is 0 Å². The maximum Gasteiger partial charge on any atom is 0.224 e. The molecule has 1 aromatic heterocycles. The molecule has 26 heavy (non-hydrogen) atoms. The Kier molecular flexibility index (Phi) is 5.88. The quantitative estimate of drug-likeness (QED) is 0.645. The number of ether oxygens (including phenoxy) is 2. The molecule has 0 unspecified atom stereocenters. The number of aromatic nitrogens is 2. The Balaban J connectivity index is 1.63. The van der Waals surface area contributed by atoms with Gasteiger partial charge in [-0.3, -0.25) is 0 Å². The van der Waals surface area contributed by atoms with Gasteiger partial charge < -0.3 is 20.1 Å². The topological polar surface area (TPSA) is 68.3 Å². The zero-order valence-corrected chi connectivity index (χ0v) is 14.9. The first-order valence-corrected chi connectivity index (χ1v) is 8.34. The largest absolute Gasteiger partial charge is 0.496 e. The highest BCUT2D eigenvalue weighted by molar-refractivity contribution is 5.43. The van der Waals surface area contributed by atoms with Gasteiger partial charge >= 0.3 is 0 Å². The van der Waals surface area contributed by atoms with Crippen molar-refractivity contribution >= 4 is 11.8 Å². The molecule has 2 aromatic carbocycles. The van der Waals surface area contributed by atoms with Gasteiger partial charge in [-0.05, 0) is 18.2 Å². The number of hydrogen-bond donors (Lipinski definition) is 2. The van der Waals surface area contributed by atoms with Gasteiger partial charge in [-0.25, -0.2) is 4.98 Å². The number of nitrogens with one attached hydrogen (secondary N) is 2. The smallest absolute Gasteiger partial charge is 0.224 e. The zero-order chi connectivity index (χ0) is 18.2. The molecule has 0 amide bonds. The Morgan fingerprint density at radius 3 is 1.96 bits per heavy atom. The van der Waals surface area contributed by atoms with Gasteiger partial charge in [-0.2, -0.15) is 4.98 Å².